The zero-order chi connectivity index (χ0) is 22.7. The van der Waals surface area contributed by atoms with Gasteiger partial charge >= 0.3 is 0 Å². The number of rotatable bonds is 7. The van der Waals surface area contributed by atoms with Gasteiger partial charge in [0.1, 0.15) is 12.2 Å². The van der Waals surface area contributed by atoms with Crippen LogP contribution in [0, 0.1) is 0 Å². The van der Waals surface area contributed by atoms with Gasteiger partial charge in [-0.3, -0.25) is 14.3 Å². The first-order chi connectivity index (χ1) is 15.5. The van der Waals surface area contributed by atoms with Crippen LogP contribution in [0.1, 0.15) is 40.9 Å². The molecule has 3 aromatic rings. The van der Waals surface area contributed by atoms with Crippen LogP contribution in [0.15, 0.2) is 59.5 Å². The van der Waals surface area contributed by atoms with E-state index in [0.717, 1.165) is 35.2 Å². The van der Waals surface area contributed by atoms with Crippen LogP contribution in [0.4, 0.5) is 0 Å². The molecule has 0 fully saturated rings. The third kappa shape index (κ3) is 4.25. The van der Waals surface area contributed by atoms with E-state index in [2.05, 4.69) is 11.6 Å². The molecule has 6 nitrogen and oxygen atoms in total. The van der Waals surface area contributed by atoms with Crippen molar-refractivity contribution in [2.45, 2.75) is 32.4 Å². The summed E-state index contributed by atoms with van der Waals surface area (Å²) in [4.78, 5) is 25.1. The van der Waals surface area contributed by atoms with Gasteiger partial charge in [-0.15, -0.1) is 0 Å². The Bertz CT molecular complexity index is 1190. The summed E-state index contributed by atoms with van der Waals surface area (Å²) in [5.74, 6) is 0.912. The summed E-state index contributed by atoms with van der Waals surface area (Å²) >= 11 is 1.18. The first-order valence-electron chi connectivity index (χ1n) is 10.5. The van der Waals surface area contributed by atoms with E-state index in [0.29, 0.717) is 18.1 Å². The van der Waals surface area contributed by atoms with Gasteiger partial charge in [0.15, 0.2) is 16.9 Å². The first-order valence-corrected chi connectivity index (χ1v) is 11.8. The van der Waals surface area contributed by atoms with E-state index >= 15 is 0 Å². The molecule has 0 radical (unpaired) electrons. The number of amides is 1. The molecular formula is C25H26N2O4S. The van der Waals surface area contributed by atoms with Crippen molar-refractivity contribution in [3.8, 4) is 22.8 Å². The summed E-state index contributed by atoms with van der Waals surface area (Å²) in [7, 11) is 1.61. The lowest BCUT2D eigenvalue weighted by Crippen LogP contribution is -2.28. The zero-order valence-electron chi connectivity index (χ0n) is 18.4. The normalized spacial score (nSPS) is 14.3. The molecule has 0 saturated carbocycles. The monoisotopic (exact) mass is 450 g/mol. The van der Waals surface area contributed by atoms with Gasteiger partial charge in [-0.1, -0.05) is 49.2 Å². The average molecular weight is 451 g/mol. The number of nitrogens with one attached hydrogen (secondary N) is 1. The zero-order valence-corrected chi connectivity index (χ0v) is 19.2. The van der Waals surface area contributed by atoms with Crippen molar-refractivity contribution < 1.29 is 14.3 Å². The summed E-state index contributed by atoms with van der Waals surface area (Å²) in [5.41, 5.74) is 3.74. The molecule has 166 valence electrons. The van der Waals surface area contributed by atoms with Crippen LogP contribution in [0.25, 0.3) is 11.3 Å². The molecule has 0 saturated heterocycles. The molecule has 1 aliphatic rings. The van der Waals surface area contributed by atoms with Gasteiger partial charge < -0.3 is 14.0 Å². The molecule has 1 N–H and O–H groups in total. The highest BCUT2D eigenvalue weighted by atomic mass is 32.2. The van der Waals surface area contributed by atoms with Crippen molar-refractivity contribution in [2.75, 3.05) is 13.4 Å². The number of carbonyl (C=O) groups excluding carboxylic acids is 1. The molecule has 0 spiro atoms. The van der Waals surface area contributed by atoms with Gasteiger partial charge in [-0.2, -0.15) is 0 Å². The smallest absolute Gasteiger partial charge is 0.266 e. The lowest BCUT2D eigenvalue weighted by Gasteiger charge is -2.31. The van der Waals surface area contributed by atoms with E-state index in [1.165, 1.54) is 11.9 Å². The molecule has 2 heterocycles. The molecule has 32 heavy (non-hydrogen) atoms. The van der Waals surface area contributed by atoms with Gasteiger partial charge in [-0.25, -0.2) is 0 Å². The van der Waals surface area contributed by atoms with Crippen molar-refractivity contribution in [1.29, 1.82) is 0 Å². The Morgan fingerprint density at radius 3 is 2.66 bits per heavy atom. The Morgan fingerprint density at radius 2 is 1.97 bits per heavy atom. The maximum Gasteiger partial charge on any atom is 0.266 e. The van der Waals surface area contributed by atoms with Gasteiger partial charge in [0.2, 0.25) is 0 Å². The maximum absolute atomic E-state index is 12.8. The number of methoxy groups -OCH3 is 1. The lowest BCUT2D eigenvalue weighted by atomic mass is 9.90. The van der Waals surface area contributed by atoms with Crippen LogP contribution in [-0.4, -0.2) is 23.8 Å². The SMILES string of the molecule is CCC1Cc2cc(OCc3ccccc3)c(OC)cc2-c2cc(=O)c(C(=O)NSC)cn21. The largest absolute Gasteiger partial charge is 0.493 e. The third-order valence-electron chi connectivity index (χ3n) is 5.74. The number of aromatic nitrogens is 1. The number of nitrogens with zero attached hydrogens (tertiary/aromatic N) is 1. The van der Waals surface area contributed by atoms with E-state index in [1.807, 2.05) is 47.0 Å². The molecular weight excluding hydrogens is 424 g/mol. The fourth-order valence-corrected chi connectivity index (χ4v) is 4.39. The van der Waals surface area contributed by atoms with E-state index < -0.39 is 0 Å². The third-order valence-corrected chi connectivity index (χ3v) is 6.13. The second-order valence-electron chi connectivity index (χ2n) is 7.68. The molecule has 0 bridgehead atoms. The van der Waals surface area contributed by atoms with Gasteiger partial charge in [0.05, 0.1) is 12.8 Å². The average Bonchev–Trinajstić information content (AvgIpc) is 2.82. The van der Waals surface area contributed by atoms with E-state index in [9.17, 15) is 9.59 Å². The topological polar surface area (TPSA) is 69.6 Å². The Kier molecular flexibility index (Phi) is 6.55. The molecule has 1 atom stereocenters. The molecule has 2 aromatic carbocycles. The molecule has 1 unspecified atom stereocenters. The fourth-order valence-electron chi connectivity index (χ4n) is 4.10. The number of carbonyl (C=O) groups is 1. The second kappa shape index (κ2) is 9.53. The highest BCUT2D eigenvalue weighted by Crippen LogP contribution is 2.41. The molecule has 7 heteroatoms. The van der Waals surface area contributed by atoms with Crippen LogP contribution in [0.3, 0.4) is 0 Å². The second-order valence-corrected chi connectivity index (χ2v) is 8.29. The standard InChI is InChI=1S/C25H26N2O4S/c1-4-18-10-17-11-24(31-15-16-8-6-5-7-9-16)23(30-2)12-19(17)21-13-22(28)20(14-27(18)21)25(29)26-32-3/h5-9,11-14,18H,4,10,15H2,1-3H3,(H,26,29). The Morgan fingerprint density at radius 1 is 1.19 bits per heavy atom. The predicted molar refractivity (Wildman–Crippen MR) is 127 cm³/mol. The summed E-state index contributed by atoms with van der Waals surface area (Å²) in [5, 5.41) is 0. The van der Waals surface area contributed by atoms with Gasteiger partial charge in [0, 0.05) is 30.1 Å². The number of hydrogen-bond acceptors (Lipinski definition) is 5. The molecule has 1 amide bonds. The summed E-state index contributed by atoms with van der Waals surface area (Å²) in [6.45, 7) is 2.55. The number of ether oxygens (including phenoxy) is 2. The van der Waals surface area contributed by atoms with Gasteiger partial charge in [-0.05, 0) is 36.1 Å². The highest BCUT2D eigenvalue weighted by molar-refractivity contribution is 7.97. The number of hydrogen-bond donors (Lipinski definition) is 1. The van der Waals surface area contributed by atoms with Crippen molar-refractivity contribution in [3.05, 3.63) is 81.6 Å². The minimum absolute atomic E-state index is 0.134. The Hall–Kier alpha value is -3.19. The fraction of sp³-hybridized carbons (Fsp3) is 0.280. The first kappa shape index (κ1) is 22.0. The summed E-state index contributed by atoms with van der Waals surface area (Å²) < 4.78 is 16.4. The number of benzene rings is 2. The highest BCUT2D eigenvalue weighted by Gasteiger charge is 2.27. The van der Waals surface area contributed by atoms with Crippen LogP contribution in [0.5, 0.6) is 11.5 Å². The molecule has 4 rings (SSSR count). The quantitative estimate of drug-likeness (QED) is 0.532. The predicted octanol–water partition coefficient (Wildman–Crippen LogP) is 4.62. The van der Waals surface area contributed by atoms with Crippen molar-refractivity contribution in [2.24, 2.45) is 0 Å². The Labute approximate surface area is 191 Å². The summed E-state index contributed by atoms with van der Waals surface area (Å²) in [6.07, 6.45) is 5.08. The van der Waals surface area contributed by atoms with Crippen LogP contribution in [0.2, 0.25) is 0 Å². The number of pyridine rings is 1. The lowest BCUT2D eigenvalue weighted by molar-refractivity contribution is 0.0982. The van der Waals surface area contributed by atoms with E-state index in [4.69, 9.17) is 9.47 Å². The van der Waals surface area contributed by atoms with Crippen molar-refractivity contribution in [3.63, 3.8) is 0 Å². The molecule has 1 aromatic heterocycles. The minimum Gasteiger partial charge on any atom is -0.493 e. The van der Waals surface area contributed by atoms with E-state index in [-0.39, 0.29) is 22.9 Å². The van der Waals surface area contributed by atoms with Crippen molar-refractivity contribution >= 4 is 17.9 Å². The molecule has 1 aliphatic heterocycles. The maximum atomic E-state index is 12.8. The van der Waals surface area contributed by atoms with Crippen molar-refractivity contribution in [1.82, 2.24) is 9.29 Å². The van der Waals surface area contributed by atoms with Crippen LogP contribution in [-0.2, 0) is 13.0 Å². The van der Waals surface area contributed by atoms with E-state index in [1.54, 1.807) is 25.6 Å². The van der Waals surface area contributed by atoms with Gasteiger partial charge in [0.25, 0.3) is 5.91 Å². The van der Waals surface area contributed by atoms with Crippen LogP contribution < -0.4 is 19.6 Å². The number of fused-ring (bicyclic) bond motifs is 3. The summed E-state index contributed by atoms with van der Waals surface area (Å²) in [6, 6.07) is 15.6. The minimum atomic E-state index is -0.374. The Balaban J connectivity index is 1.75. The molecule has 0 aliphatic carbocycles. The van der Waals surface area contributed by atoms with Crippen LogP contribution >= 0.6 is 11.9 Å².